The highest BCUT2D eigenvalue weighted by molar-refractivity contribution is 5.72. The lowest BCUT2D eigenvalue weighted by Crippen LogP contribution is -2.50. The number of ether oxygens (including phenoxy) is 3. The molecule has 0 aromatic heterocycles. The van der Waals surface area contributed by atoms with E-state index >= 15 is 0 Å². The maximum atomic E-state index is 12.7. The van der Waals surface area contributed by atoms with Gasteiger partial charge >= 0.3 is 17.9 Å². The first-order valence-corrected chi connectivity index (χ1v) is 20.8. The third kappa shape index (κ3) is 34.5. The number of carboxylic acid groups (broad SMARTS) is 1. The standard InChI is InChI=1S/C45H77NO7/c1-6-8-10-12-14-16-17-18-19-20-21-22-23-24-25-26-27-28-30-32-34-36-44(48)53-41(39-51-38-37-42(45(49)50)46(3,4)5)40-52-43(47)35-33-31-29-15-13-11-9-7-2/h14,16,18-19,21-22,24-25,27-28,41-42H,6-13,15,17,20,23,26,29-40H2,1-5H3/p+1/b16-14+,19-18+,22-21+,25-24+,28-27+. The summed E-state index contributed by atoms with van der Waals surface area (Å²) in [7, 11) is 5.50. The zero-order chi connectivity index (χ0) is 39.3. The number of carboxylic acids is 1. The van der Waals surface area contributed by atoms with Crippen molar-refractivity contribution < 1.29 is 38.2 Å². The first kappa shape index (κ1) is 50.0. The van der Waals surface area contributed by atoms with Crippen LogP contribution in [0.2, 0.25) is 0 Å². The number of esters is 2. The number of carbonyl (C=O) groups excluding carboxylic acids is 2. The van der Waals surface area contributed by atoms with Crippen molar-refractivity contribution in [2.24, 2.45) is 0 Å². The predicted octanol–water partition coefficient (Wildman–Crippen LogP) is 11.0. The van der Waals surface area contributed by atoms with Crippen LogP contribution in [0.25, 0.3) is 0 Å². The molecule has 1 N–H and O–H groups in total. The number of nitrogens with zero attached hydrogens (tertiary/aromatic N) is 1. The van der Waals surface area contributed by atoms with Gasteiger partial charge < -0.3 is 23.8 Å². The molecule has 0 bridgehead atoms. The Kier molecular flexibility index (Phi) is 34.0. The highest BCUT2D eigenvalue weighted by Gasteiger charge is 2.31. The molecule has 0 aromatic rings. The quantitative estimate of drug-likeness (QED) is 0.0295. The van der Waals surface area contributed by atoms with E-state index in [2.05, 4.69) is 74.6 Å². The number of quaternary nitrogens is 1. The van der Waals surface area contributed by atoms with Crippen molar-refractivity contribution in [3.05, 3.63) is 60.8 Å². The minimum atomic E-state index is -0.885. The van der Waals surface area contributed by atoms with Gasteiger partial charge in [-0.3, -0.25) is 9.59 Å². The van der Waals surface area contributed by atoms with Gasteiger partial charge in [0.05, 0.1) is 34.4 Å². The van der Waals surface area contributed by atoms with E-state index in [-0.39, 0.29) is 42.7 Å². The van der Waals surface area contributed by atoms with Crippen molar-refractivity contribution in [1.29, 1.82) is 0 Å². The zero-order valence-electron chi connectivity index (χ0n) is 34.4. The van der Waals surface area contributed by atoms with Gasteiger partial charge in [-0.15, -0.1) is 0 Å². The van der Waals surface area contributed by atoms with Gasteiger partial charge in [0.1, 0.15) is 6.61 Å². The van der Waals surface area contributed by atoms with Gasteiger partial charge in [-0.05, 0) is 64.2 Å². The molecule has 0 aromatic carbocycles. The molecular formula is C45H78NO7+. The van der Waals surface area contributed by atoms with Crippen molar-refractivity contribution in [3.63, 3.8) is 0 Å². The first-order chi connectivity index (χ1) is 25.6. The summed E-state index contributed by atoms with van der Waals surface area (Å²) in [6.45, 7) is 4.61. The van der Waals surface area contributed by atoms with E-state index in [1.807, 2.05) is 21.1 Å². The summed E-state index contributed by atoms with van der Waals surface area (Å²) in [6.07, 6.45) is 42.7. The van der Waals surface area contributed by atoms with Crippen LogP contribution in [0.3, 0.4) is 0 Å². The molecule has 0 radical (unpaired) electrons. The van der Waals surface area contributed by atoms with E-state index in [1.165, 1.54) is 57.8 Å². The summed E-state index contributed by atoms with van der Waals surface area (Å²) in [5, 5.41) is 9.58. The van der Waals surface area contributed by atoms with E-state index in [0.717, 1.165) is 57.8 Å². The summed E-state index contributed by atoms with van der Waals surface area (Å²) in [5.74, 6) is -1.53. The van der Waals surface area contributed by atoms with E-state index in [4.69, 9.17) is 14.2 Å². The van der Waals surface area contributed by atoms with Gasteiger partial charge in [-0.2, -0.15) is 0 Å². The molecule has 0 aliphatic carbocycles. The Morgan fingerprint density at radius 3 is 1.51 bits per heavy atom. The van der Waals surface area contributed by atoms with E-state index in [9.17, 15) is 19.5 Å². The van der Waals surface area contributed by atoms with Crippen LogP contribution in [0.1, 0.15) is 155 Å². The Morgan fingerprint density at radius 1 is 0.566 bits per heavy atom. The molecule has 0 fully saturated rings. The number of aliphatic carboxylic acids is 1. The molecule has 2 atom stereocenters. The van der Waals surface area contributed by atoms with E-state index in [1.54, 1.807) is 0 Å². The van der Waals surface area contributed by atoms with Gasteiger partial charge in [0.25, 0.3) is 0 Å². The molecule has 8 heteroatoms. The zero-order valence-corrected chi connectivity index (χ0v) is 34.4. The molecule has 0 aliphatic heterocycles. The molecule has 53 heavy (non-hydrogen) atoms. The van der Waals surface area contributed by atoms with E-state index in [0.29, 0.717) is 19.3 Å². The van der Waals surface area contributed by atoms with Crippen molar-refractivity contribution in [2.75, 3.05) is 41.0 Å². The van der Waals surface area contributed by atoms with Gasteiger partial charge in [0, 0.05) is 19.3 Å². The lowest BCUT2D eigenvalue weighted by Gasteiger charge is -2.31. The van der Waals surface area contributed by atoms with Gasteiger partial charge in [0.2, 0.25) is 0 Å². The fraction of sp³-hybridized carbons (Fsp3) is 0.711. The van der Waals surface area contributed by atoms with Crippen LogP contribution in [0.5, 0.6) is 0 Å². The highest BCUT2D eigenvalue weighted by Crippen LogP contribution is 2.12. The first-order valence-electron chi connectivity index (χ1n) is 20.8. The number of carbonyl (C=O) groups is 3. The molecule has 0 amide bonds. The van der Waals surface area contributed by atoms with Crippen LogP contribution in [-0.4, -0.2) is 80.6 Å². The van der Waals surface area contributed by atoms with Crippen LogP contribution in [0.4, 0.5) is 0 Å². The minimum Gasteiger partial charge on any atom is -0.477 e. The van der Waals surface area contributed by atoms with Crippen molar-refractivity contribution in [3.8, 4) is 0 Å². The molecule has 0 rings (SSSR count). The fourth-order valence-electron chi connectivity index (χ4n) is 5.64. The largest absolute Gasteiger partial charge is 0.477 e. The van der Waals surface area contributed by atoms with Crippen LogP contribution in [0.15, 0.2) is 60.8 Å². The Bertz CT molecular complexity index is 1050. The van der Waals surface area contributed by atoms with Crippen molar-refractivity contribution >= 4 is 17.9 Å². The topological polar surface area (TPSA) is 99.1 Å². The summed E-state index contributed by atoms with van der Waals surface area (Å²) < 4.78 is 17.1. The molecule has 0 saturated heterocycles. The Labute approximate surface area is 324 Å². The van der Waals surface area contributed by atoms with Gasteiger partial charge in [-0.1, -0.05) is 132 Å². The molecule has 2 unspecified atom stereocenters. The smallest absolute Gasteiger partial charge is 0.362 e. The number of likely N-dealkylation sites (N-methyl/N-ethyl adjacent to an activating group) is 1. The monoisotopic (exact) mass is 745 g/mol. The lowest BCUT2D eigenvalue weighted by molar-refractivity contribution is -0.887. The molecule has 8 nitrogen and oxygen atoms in total. The van der Waals surface area contributed by atoms with Crippen LogP contribution in [0, 0.1) is 0 Å². The van der Waals surface area contributed by atoms with Crippen molar-refractivity contribution in [1.82, 2.24) is 0 Å². The maximum absolute atomic E-state index is 12.7. The second-order valence-electron chi connectivity index (χ2n) is 14.9. The normalized spacial score (nSPS) is 13.6. The third-order valence-corrected chi connectivity index (χ3v) is 8.92. The number of allylic oxidation sites excluding steroid dienone is 10. The van der Waals surface area contributed by atoms with Crippen molar-refractivity contribution in [2.45, 2.75) is 167 Å². The Morgan fingerprint density at radius 2 is 1.00 bits per heavy atom. The highest BCUT2D eigenvalue weighted by atomic mass is 16.6. The van der Waals surface area contributed by atoms with Crippen LogP contribution < -0.4 is 0 Å². The maximum Gasteiger partial charge on any atom is 0.362 e. The second kappa shape index (κ2) is 36.0. The van der Waals surface area contributed by atoms with E-state index < -0.39 is 18.1 Å². The SMILES string of the molecule is CCCCC/C=C/C/C=C/C/C=C/C/C=C/C/C=C/CCCCC(=O)OC(COCCC(C(=O)O)[N+](C)(C)C)COC(=O)CCCCCCCCCC. The molecular weight excluding hydrogens is 666 g/mol. The predicted molar refractivity (Wildman–Crippen MR) is 220 cm³/mol. The summed E-state index contributed by atoms with van der Waals surface area (Å²) in [5.41, 5.74) is 0. The minimum absolute atomic E-state index is 0.0421. The summed E-state index contributed by atoms with van der Waals surface area (Å²) in [4.78, 5) is 36.7. The van der Waals surface area contributed by atoms with Gasteiger partial charge in [0.15, 0.2) is 12.1 Å². The Hall–Kier alpha value is -2.97. The molecule has 0 spiro atoms. The fourth-order valence-corrected chi connectivity index (χ4v) is 5.64. The summed E-state index contributed by atoms with van der Waals surface area (Å²) in [6, 6.07) is -0.622. The number of unbranched alkanes of at least 4 members (excludes halogenated alkanes) is 12. The van der Waals surface area contributed by atoms with Crippen LogP contribution >= 0.6 is 0 Å². The third-order valence-electron chi connectivity index (χ3n) is 8.92. The molecule has 0 saturated carbocycles. The van der Waals surface area contributed by atoms with Crippen LogP contribution in [-0.2, 0) is 28.6 Å². The molecule has 304 valence electrons. The Balaban J connectivity index is 4.41. The average Bonchev–Trinajstić information content (AvgIpc) is 3.11. The molecule has 0 aliphatic rings. The second-order valence-corrected chi connectivity index (χ2v) is 14.9. The molecule has 0 heterocycles. The number of hydrogen-bond acceptors (Lipinski definition) is 6. The summed E-state index contributed by atoms with van der Waals surface area (Å²) >= 11 is 0. The number of rotatable bonds is 36. The average molecular weight is 745 g/mol. The van der Waals surface area contributed by atoms with Gasteiger partial charge in [-0.25, -0.2) is 4.79 Å². The number of hydrogen-bond donors (Lipinski definition) is 1. The lowest BCUT2D eigenvalue weighted by atomic mass is 10.1.